The number of rotatable bonds is 0. The summed E-state index contributed by atoms with van der Waals surface area (Å²) in [6.45, 7) is 1.98. The lowest BCUT2D eigenvalue weighted by Crippen LogP contribution is -2.29. The molecule has 0 unspecified atom stereocenters. The predicted octanol–water partition coefficient (Wildman–Crippen LogP) is 0.522. The molecule has 1 aromatic carbocycles. The molecule has 0 aromatic heterocycles. The van der Waals surface area contributed by atoms with E-state index in [1.54, 1.807) is 0 Å². The van der Waals surface area contributed by atoms with Crippen LogP contribution < -0.4 is 16.3 Å². The van der Waals surface area contributed by atoms with E-state index >= 15 is 0 Å². The summed E-state index contributed by atoms with van der Waals surface area (Å²) >= 11 is 0. The first-order chi connectivity index (χ1) is 6.85. The minimum absolute atomic E-state index is 0.839. The molecule has 0 saturated heterocycles. The molecular formula is C12H12N2. The largest absolute Gasteiger partial charge is 0.323 e. The summed E-state index contributed by atoms with van der Waals surface area (Å²) in [6.07, 6.45) is 6.11. The molecule has 2 N–H and O–H groups in total. The highest BCUT2D eigenvalue weighted by molar-refractivity contribution is 6.25. The minimum Gasteiger partial charge on any atom is -0.323 e. The van der Waals surface area contributed by atoms with Crippen molar-refractivity contribution in [2.45, 2.75) is 6.92 Å². The van der Waals surface area contributed by atoms with Crippen molar-refractivity contribution in [1.29, 1.82) is 0 Å². The maximum atomic E-state index is 5.32. The van der Waals surface area contributed by atoms with Crippen molar-refractivity contribution in [2.75, 3.05) is 0 Å². The lowest BCUT2D eigenvalue weighted by atomic mass is 10.0. The second kappa shape index (κ2) is 3.50. The van der Waals surface area contributed by atoms with Gasteiger partial charge < -0.3 is 5.84 Å². The van der Waals surface area contributed by atoms with Crippen LogP contribution >= 0.6 is 0 Å². The van der Waals surface area contributed by atoms with E-state index in [4.69, 9.17) is 5.84 Å². The second-order valence-electron chi connectivity index (χ2n) is 3.18. The first-order valence-electron chi connectivity index (χ1n) is 4.58. The smallest absolute Gasteiger partial charge is 0.0902 e. The highest BCUT2D eigenvalue weighted by atomic mass is 15.1. The molecule has 0 spiro atoms. The van der Waals surface area contributed by atoms with Gasteiger partial charge in [-0.2, -0.15) is 5.10 Å². The third-order valence-corrected chi connectivity index (χ3v) is 2.35. The molecule has 1 aromatic rings. The molecule has 0 radical (unpaired) electrons. The molecule has 2 rings (SSSR count). The van der Waals surface area contributed by atoms with Crippen molar-refractivity contribution < 1.29 is 0 Å². The van der Waals surface area contributed by atoms with E-state index in [0.717, 1.165) is 11.3 Å². The van der Waals surface area contributed by atoms with E-state index < -0.39 is 0 Å². The number of allylic oxidation sites excluding steroid dienone is 2. The second-order valence-corrected chi connectivity index (χ2v) is 3.18. The Bertz CT molecular complexity index is 472. The average molecular weight is 184 g/mol. The highest BCUT2D eigenvalue weighted by Gasteiger charge is 2.04. The Hall–Kier alpha value is -1.83. The van der Waals surface area contributed by atoms with Crippen LogP contribution in [0.15, 0.2) is 41.0 Å². The highest BCUT2D eigenvalue weighted by Crippen LogP contribution is 2.03. The number of hydrogen-bond donors (Lipinski definition) is 1. The van der Waals surface area contributed by atoms with Crippen LogP contribution in [0.4, 0.5) is 0 Å². The lowest BCUT2D eigenvalue weighted by Gasteiger charge is -2.05. The normalized spacial score (nSPS) is 20.1. The van der Waals surface area contributed by atoms with Gasteiger partial charge in [0.2, 0.25) is 0 Å². The molecule has 0 atom stereocenters. The average Bonchev–Trinajstić information content (AvgIpc) is 2.27. The van der Waals surface area contributed by atoms with E-state index in [1.165, 1.54) is 10.4 Å². The Balaban J connectivity index is 2.78. The van der Waals surface area contributed by atoms with Gasteiger partial charge in [-0.15, -0.1) is 0 Å². The van der Waals surface area contributed by atoms with Crippen molar-refractivity contribution >= 4 is 17.9 Å². The molecule has 0 saturated carbocycles. The molecule has 1 aliphatic carbocycles. The fourth-order valence-electron chi connectivity index (χ4n) is 1.59. The van der Waals surface area contributed by atoms with Gasteiger partial charge in [-0.05, 0) is 35.1 Å². The van der Waals surface area contributed by atoms with Gasteiger partial charge in [0.25, 0.3) is 0 Å². The van der Waals surface area contributed by atoms with E-state index in [1.807, 2.05) is 31.2 Å². The molecule has 0 bridgehead atoms. The molecule has 0 amide bonds. The van der Waals surface area contributed by atoms with Gasteiger partial charge in [-0.25, -0.2) is 0 Å². The van der Waals surface area contributed by atoms with Gasteiger partial charge in [0.05, 0.1) is 5.71 Å². The zero-order valence-electron chi connectivity index (χ0n) is 8.07. The standard InChI is InChI=1S/C12H12N2/c1-2-9-7-10-5-3-4-6-11(10)8-12(9)14-13/h2-8H,13H2,1H3/b9-2-,14-12-. The van der Waals surface area contributed by atoms with E-state index in [0.29, 0.717) is 0 Å². The fraction of sp³-hybridized carbons (Fsp3) is 0.0833. The van der Waals surface area contributed by atoms with Crippen LogP contribution in [0.25, 0.3) is 12.2 Å². The molecule has 0 aliphatic heterocycles. The van der Waals surface area contributed by atoms with Crippen LogP contribution in [0.1, 0.15) is 6.92 Å². The third kappa shape index (κ3) is 1.35. The van der Waals surface area contributed by atoms with Crippen LogP contribution in [-0.4, -0.2) is 5.71 Å². The van der Waals surface area contributed by atoms with E-state index in [-0.39, 0.29) is 0 Å². The molecular weight excluding hydrogens is 172 g/mol. The minimum atomic E-state index is 0.839. The van der Waals surface area contributed by atoms with Gasteiger partial charge in [0.15, 0.2) is 0 Å². The molecule has 70 valence electrons. The summed E-state index contributed by atoms with van der Waals surface area (Å²) in [5.74, 6) is 5.32. The van der Waals surface area contributed by atoms with Crippen LogP contribution in [0, 0.1) is 0 Å². The number of hydrazone groups is 1. The maximum Gasteiger partial charge on any atom is 0.0902 e. The fourth-order valence-corrected chi connectivity index (χ4v) is 1.59. The lowest BCUT2D eigenvalue weighted by molar-refractivity contribution is 1.25. The molecule has 0 fully saturated rings. The van der Waals surface area contributed by atoms with Gasteiger partial charge in [-0.1, -0.05) is 30.3 Å². The molecule has 1 aliphatic rings. The van der Waals surface area contributed by atoms with Crippen molar-refractivity contribution in [3.05, 3.63) is 46.4 Å². The van der Waals surface area contributed by atoms with Crippen molar-refractivity contribution in [3.8, 4) is 0 Å². The Kier molecular flexibility index (Phi) is 2.19. The molecule has 2 nitrogen and oxygen atoms in total. The monoisotopic (exact) mass is 184 g/mol. The molecule has 14 heavy (non-hydrogen) atoms. The zero-order valence-corrected chi connectivity index (χ0v) is 8.07. The Morgan fingerprint density at radius 3 is 2.36 bits per heavy atom. The summed E-state index contributed by atoms with van der Waals surface area (Å²) in [4.78, 5) is 0. The Morgan fingerprint density at radius 1 is 1.14 bits per heavy atom. The quantitative estimate of drug-likeness (QED) is 0.463. The first-order valence-corrected chi connectivity index (χ1v) is 4.58. The SMILES string of the molecule is C/C=C1/C=c2ccccc2=C/C1=N/N. The van der Waals surface area contributed by atoms with Crippen LogP contribution in [0.3, 0.4) is 0 Å². The predicted molar refractivity (Wildman–Crippen MR) is 60.0 cm³/mol. The summed E-state index contributed by atoms with van der Waals surface area (Å²) in [5.41, 5.74) is 1.91. The molecule has 0 heterocycles. The van der Waals surface area contributed by atoms with Crippen LogP contribution in [-0.2, 0) is 0 Å². The zero-order chi connectivity index (χ0) is 9.97. The van der Waals surface area contributed by atoms with Gasteiger partial charge >= 0.3 is 0 Å². The van der Waals surface area contributed by atoms with Crippen molar-refractivity contribution in [1.82, 2.24) is 0 Å². The van der Waals surface area contributed by atoms with Gasteiger partial charge in [0.1, 0.15) is 0 Å². The van der Waals surface area contributed by atoms with Gasteiger partial charge in [-0.3, -0.25) is 0 Å². The summed E-state index contributed by atoms with van der Waals surface area (Å²) in [5, 5.41) is 6.14. The van der Waals surface area contributed by atoms with Gasteiger partial charge in [0, 0.05) is 0 Å². The van der Waals surface area contributed by atoms with E-state index in [2.05, 4.69) is 23.3 Å². The summed E-state index contributed by atoms with van der Waals surface area (Å²) in [7, 11) is 0. The van der Waals surface area contributed by atoms with Crippen LogP contribution in [0.2, 0.25) is 0 Å². The number of hydrogen-bond acceptors (Lipinski definition) is 2. The topological polar surface area (TPSA) is 38.4 Å². The van der Waals surface area contributed by atoms with Crippen molar-refractivity contribution in [3.63, 3.8) is 0 Å². The Labute approximate surface area is 82.8 Å². The summed E-state index contributed by atoms with van der Waals surface area (Å²) < 4.78 is 0. The maximum absolute atomic E-state index is 5.32. The molecule has 2 heteroatoms. The number of fused-ring (bicyclic) bond motifs is 1. The summed E-state index contributed by atoms with van der Waals surface area (Å²) in [6, 6.07) is 8.19. The number of benzene rings is 1. The number of nitrogens with two attached hydrogens (primary N) is 1. The Morgan fingerprint density at radius 2 is 1.79 bits per heavy atom. The van der Waals surface area contributed by atoms with Crippen molar-refractivity contribution in [2.24, 2.45) is 10.9 Å². The first kappa shape index (κ1) is 8.75. The van der Waals surface area contributed by atoms with Crippen LogP contribution in [0.5, 0.6) is 0 Å². The number of nitrogens with zero attached hydrogens (tertiary/aromatic N) is 1. The van der Waals surface area contributed by atoms with E-state index in [9.17, 15) is 0 Å². The third-order valence-electron chi connectivity index (χ3n) is 2.35.